The first-order valence-electron chi connectivity index (χ1n) is 5.99. The van der Waals surface area contributed by atoms with E-state index in [1.807, 2.05) is 0 Å². The summed E-state index contributed by atoms with van der Waals surface area (Å²) in [6.07, 6.45) is 4.61. The highest BCUT2D eigenvalue weighted by molar-refractivity contribution is 7.89. The molecule has 3 heterocycles. The van der Waals surface area contributed by atoms with Crippen LogP contribution in [0.5, 0.6) is 0 Å². The monoisotopic (exact) mass is 324 g/mol. The summed E-state index contributed by atoms with van der Waals surface area (Å²) in [5, 5.41) is 4.68. The molecule has 0 fully saturated rings. The second-order valence-corrected chi connectivity index (χ2v) is 6.65. The third-order valence-corrected chi connectivity index (χ3v) is 4.98. The fraction of sp³-hybridized carbons (Fsp3) is 0.182. The number of anilines is 1. The lowest BCUT2D eigenvalue weighted by Gasteiger charge is -2.07. The summed E-state index contributed by atoms with van der Waals surface area (Å²) in [5.74, 6) is 0.317. The molecule has 0 radical (unpaired) electrons. The van der Waals surface area contributed by atoms with E-state index in [9.17, 15) is 8.42 Å². The van der Waals surface area contributed by atoms with Crippen LogP contribution in [0.1, 0.15) is 5.69 Å². The quantitative estimate of drug-likeness (QED) is 0.716. The molecule has 0 aliphatic rings. The van der Waals surface area contributed by atoms with Gasteiger partial charge in [0.05, 0.1) is 12.2 Å². The lowest BCUT2D eigenvalue weighted by atomic mass is 10.4. The average molecular weight is 324 g/mol. The molecule has 10 heteroatoms. The van der Waals surface area contributed by atoms with Crippen molar-refractivity contribution < 1.29 is 8.42 Å². The topological polar surface area (TPSA) is 101 Å². The Balaban J connectivity index is 1.94. The van der Waals surface area contributed by atoms with E-state index in [-0.39, 0.29) is 11.6 Å². The molecule has 0 bridgehead atoms. The van der Waals surface area contributed by atoms with E-state index in [1.165, 1.54) is 17.7 Å². The molecule has 0 aromatic carbocycles. The van der Waals surface area contributed by atoms with Gasteiger partial charge in [-0.3, -0.25) is 4.40 Å². The van der Waals surface area contributed by atoms with Crippen molar-refractivity contribution in [3.8, 4) is 0 Å². The Kier molecular flexibility index (Phi) is 3.57. The normalized spacial score (nSPS) is 11.9. The Hall–Kier alpha value is -2.04. The van der Waals surface area contributed by atoms with Crippen LogP contribution >= 0.6 is 11.3 Å². The van der Waals surface area contributed by atoms with Crippen LogP contribution in [0, 0.1) is 0 Å². The van der Waals surface area contributed by atoms with E-state index in [0.717, 1.165) is 0 Å². The maximum atomic E-state index is 12.5. The molecular formula is C11H12N6O2S2. The number of rotatable bonds is 5. The molecule has 3 rings (SSSR count). The molecule has 110 valence electrons. The van der Waals surface area contributed by atoms with Gasteiger partial charge in [-0.25, -0.2) is 28.1 Å². The van der Waals surface area contributed by atoms with Crippen LogP contribution in [0.25, 0.3) is 4.96 Å². The Labute approximate surface area is 124 Å². The first-order valence-corrected chi connectivity index (χ1v) is 8.36. The molecule has 0 saturated carbocycles. The Morgan fingerprint density at radius 3 is 3.00 bits per heavy atom. The largest absolute Gasteiger partial charge is 0.371 e. The minimum Gasteiger partial charge on any atom is -0.371 e. The van der Waals surface area contributed by atoms with E-state index in [4.69, 9.17) is 0 Å². The predicted molar refractivity (Wildman–Crippen MR) is 78.7 cm³/mol. The molecule has 0 amide bonds. The summed E-state index contributed by atoms with van der Waals surface area (Å²) in [4.78, 5) is 12.6. The summed E-state index contributed by atoms with van der Waals surface area (Å²) in [7, 11) is -2.09. The van der Waals surface area contributed by atoms with Gasteiger partial charge in [0.1, 0.15) is 6.33 Å². The lowest BCUT2D eigenvalue weighted by molar-refractivity contribution is 0.576. The van der Waals surface area contributed by atoms with E-state index in [0.29, 0.717) is 16.5 Å². The maximum absolute atomic E-state index is 12.5. The van der Waals surface area contributed by atoms with Crippen molar-refractivity contribution in [3.05, 3.63) is 35.9 Å². The maximum Gasteiger partial charge on any atom is 0.260 e. The molecular weight excluding hydrogens is 312 g/mol. The molecule has 0 aliphatic carbocycles. The third kappa shape index (κ3) is 2.60. The van der Waals surface area contributed by atoms with Crippen molar-refractivity contribution >= 4 is 32.1 Å². The summed E-state index contributed by atoms with van der Waals surface area (Å²) >= 11 is 1.37. The number of nitrogens with one attached hydrogen (secondary N) is 2. The van der Waals surface area contributed by atoms with Gasteiger partial charge in [0.25, 0.3) is 10.0 Å². The van der Waals surface area contributed by atoms with Gasteiger partial charge in [-0.2, -0.15) is 0 Å². The van der Waals surface area contributed by atoms with Gasteiger partial charge in [-0.1, -0.05) is 0 Å². The number of hydrogen-bond donors (Lipinski definition) is 2. The Bertz CT molecular complexity index is 855. The van der Waals surface area contributed by atoms with Gasteiger partial charge in [-0.05, 0) is 6.07 Å². The van der Waals surface area contributed by atoms with Gasteiger partial charge in [-0.15, -0.1) is 11.3 Å². The highest BCUT2D eigenvalue weighted by atomic mass is 32.2. The third-order valence-electron chi connectivity index (χ3n) is 2.80. The van der Waals surface area contributed by atoms with Gasteiger partial charge in [0.15, 0.2) is 15.8 Å². The Morgan fingerprint density at radius 1 is 1.43 bits per heavy atom. The summed E-state index contributed by atoms with van der Waals surface area (Å²) < 4.78 is 29.1. The van der Waals surface area contributed by atoms with Crippen LogP contribution < -0.4 is 10.0 Å². The van der Waals surface area contributed by atoms with Crippen molar-refractivity contribution in [1.82, 2.24) is 24.1 Å². The number of hydrogen-bond acceptors (Lipinski definition) is 7. The molecule has 2 N–H and O–H groups in total. The molecule has 0 atom stereocenters. The van der Waals surface area contributed by atoms with Crippen molar-refractivity contribution in [2.45, 2.75) is 11.6 Å². The summed E-state index contributed by atoms with van der Waals surface area (Å²) in [6.45, 7) is 0.0887. The van der Waals surface area contributed by atoms with Crippen LogP contribution in [0.2, 0.25) is 0 Å². The second-order valence-electron chi connectivity index (χ2n) is 4.10. The van der Waals surface area contributed by atoms with Crippen molar-refractivity contribution in [2.75, 3.05) is 12.4 Å². The van der Waals surface area contributed by atoms with Crippen LogP contribution in [0.4, 0.5) is 5.82 Å². The molecule has 0 saturated heterocycles. The minimum atomic E-state index is -3.72. The van der Waals surface area contributed by atoms with E-state index >= 15 is 0 Å². The smallest absolute Gasteiger partial charge is 0.260 e. The molecule has 21 heavy (non-hydrogen) atoms. The summed E-state index contributed by atoms with van der Waals surface area (Å²) in [5.41, 5.74) is 0.589. The number of sulfonamides is 1. The van der Waals surface area contributed by atoms with Crippen molar-refractivity contribution in [2.24, 2.45) is 0 Å². The number of aromatic nitrogens is 4. The standard InChI is InChI=1S/C11H12N6O2S2/c1-12-9-10(17-4-5-20-11(17)16-9)21(18,19)15-6-8-2-3-13-7-14-8/h2-5,7,12,15H,6H2,1H3. The van der Waals surface area contributed by atoms with Crippen LogP contribution in [-0.2, 0) is 16.6 Å². The SMILES string of the molecule is CNc1nc2sccn2c1S(=O)(=O)NCc1ccncn1. The number of fused-ring (bicyclic) bond motifs is 1. The number of thiazole rings is 1. The zero-order valence-electron chi connectivity index (χ0n) is 11.0. The molecule has 0 aliphatic heterocycles. The summed E-state index contributed by atoms with van der Waals surface area (Å²) in [6, 6.07) is 1.65. The molecule has 3 aromatic heterocycles. The first-order chi connectivity index (χ1) is 10.1. The fourth-order valence-corrected chi connectivity index (χ4v) is 3.90. The highest BCUT2D eigenvalue weighted by Gasteiger charge is 2.25. The van der Waals surface area contributed by atoms with E-state index in [2.05, 4.69) is 25.0 Å². The average Bonchev–Trinajstić information content (AvgIpc) is 3.06. The second kappa shape index (κ2) is 5.39. The molecule has 3 aromatic rings. The van der Waals surface area contributed by atoms with Gasteiger partial charge in [0, 0.05) is 24.8 Å². The lowest BCUT2D eigenvalue weighted by Crippen LogP contribution is -2.25. The Morgan fingerprint density at radius 2 is 2.29 bits per heavy atom. The predicted octanol–water partition coefficient (Wildman–Crippen LogP) is 0.706. The van der Waals surface area contributed by atoms with E-state index < -0.39 is 10.0 Å². The number of imidazole rings is 1. The zero-order chi connectivity index (χ0) is 14.9. The van der Waals surface area contributed by atoms with Crippen LogP contribution in [0.3, 0.4) is 0 Å². The van der Waals surface area contributed by atoms with Crippen LogP contribution in [0.15, 0.2) is 35.2 Å². The molecule has 8 nitrogen and oxygen atoms in total. The molecule has 0 spiro atoms. The van der Waals surface area contributed by atoms with E-state index in [1.54, 1.807) is 35.3 Å². The van der Waals surface area contributed by atoms with Crippen LogP contribution in [-0.4, -0.2) is 34.8 Å². The van der Waals surface area contributed by atoms with Crippen molar-refractivity contribution in [1.29, 1.82) is 0 Å². The number of nitrogens with zero attached hydrogens (tertiary/aromatic N) is 4. The first kappa shape index (κ1) is 13.9. The minimum absolute atomic E-state index is 0.0887. The fourth-order valence-electron chi connectivity index (χ4n) is 1.84. The van der Waals surface area contributed by atoms with Gasteiger partial charge < -0.3 is 5.32 Å². The van der Waals surface area contributed by atoms with Gasteiger partial charge >= 0.3 is 0 Å². The highest BCUT2D eigenvalue weighted by Crippen LogP contribution is 2.25. The van der Waals surface area contributed by atoms with Crippen molar-refractivity contribution in [3.63, 3.8) is 0 Å². The molecule has 0 unspecified atom stereocenters. The van der Waals surface area contributed by atoms with Gasteiger partial charge in [0.2, 0.25) is 0 Å². The zero-order valence-corrected chi connectivity index (χ0v) is 12.6.